The average molecular weight is 306 g/mol. The van der Waals surface area contributed by atoms with E-state index in [0.717, 1.165) is 0 Å². The van der Waals surface area contributed by atoms with Crippen LogP contribution in [0.3, 0.4) is 0 Å². The summed E-state index contributed by atoms with van der Waals surface area (Å²) >= 11 is 9.15. The summed E-state index contributed by atoms with van der Waals surface area (Å²) in [6.07, 6.45) is 0. The third-order valence-corrected chi connectivity index (χ3v) is 2.99. The Morgan fingerprint density at radius 3 is 2.69 bits per heavy atom. The number of benzene rings is 1. The Bertz CT molecular complexity index is 501. The van der Waals surface area contributed by atoms with Crippen LogP contribution in [-0.4, -0.2) is 5.11 Å². The molecule has 0 unspecified atom stereocenters. The van der Waals surface area contributed by atoms with Crippen LogP contribution in [0.2, 0.25) is 5.02 Å². The topological polar surface area (TPSA) is 33.4 Å². The zero-order chi connectivity index (χ0) is 11.7. The molecule has 0 atom stereocenters. The molecule has 0 saturated carbocycles. The molecule has 0 aliphatic carbocycles. The third kappa shape index (κ3) is 2.14. The van der Waals surface area contributed by atoms with Crippen molar-refractivity contribution in [3.63, 3.8) is 0 Å². The molecule has 1 aromatic heterocycles. The van der Waals surface area contributed by atoms with Crippen LogP contribution >= 0.6 is 27.5 Å². The lowest BCUT2D eigenvalue weighted by Gasteiger charge is -2.04. The molecule has 2 aromatic rings. The van der Waals surface area contributed by atoms with Gasteiger partial charge in [-0.05, 0) is 40.2 Å². The number of rotatable bonds is 2. The van der Waals surface area contributed by atoms with Gasteiger partial charge < -0.3 is 9.52 Å². The molecule has 0 spiro atoms. The normalized spacial score (nSPS) is 10.8. The predicted molar refractivity (Wildman–Crippen MR) is 62.7 cm³/mol. The van der Waals surface area contributed by atoms with Crippen molar-refractivity contribution in [2.24, 2.45) is 0 Å². The lowest BCUT2D eigenvalue weighted by molar-refractivity contribution is 0.248. The van der Waals surface area contributed by atoms with E-state index in [1.165, 1.54) is 12.1 Å². The molecule has 5 heteroatoms. The third-order valence-electron chi connectivity index (χ3n) is 2.07. The lowest BCUT2D eigenvalue weighted by atomic mass is 10.2. The van der Waals surface area contributed by atoms with Gasteiger partial charge >= 0.3 is 0 Å². The van der Waals surface area contributed by atoms with Gasteiger partial charge in [0.15, 0.2) is 0 Å². The van der Waals surface area contributed by atoms with Crippen LogP contribution in [0.5, 0.6) is 0 Å². The van der Waals surface area contributed by atoms with Gasteiger partial charge in [0.1, 0.15) is 23.9 Å². The summed E-state index contributed by atoms with van der Waals surface area (Å²) in [6.45, 7) is -0.184. The van der Waals surface area contributed by atoms with E-state index in [-0.39, 0.29) is 11.6 Å². The first-order chi connectivity index (χ1) is 7.61. The summed E-state index contributed by atoms with van der Waals surface area (Å²) in [6, 6.07) is 5.84. The van der Waals surface area contributed by atoms with Crippen molar-refractivity contribution >= 4 is 27.5 Å². The van der Waals surface area contributed by atoms with E-state index in [0.29, 0.717) is 21.6 Å². The molecule has 1 aromatic carbocycles. The zero-order valence-electron chi connectivity index (χ0n) is 8.01. The van der Waals surface area contributed by atoms with E-state index in [9.17, 15) is 4.39 Å². The molecular formula is C11H7BrClFO2. The van der Waals surface area contributed by atoms with Crippen molar-refractivity contribution in [3.8, 4) is 11.3 Å². The van der Waals surface area contributed by atoms with Gasteiger partial charge in [0.2, 0.25) is 0 Å². The van der Waals surface area contributed by atoms with Crippen LogP contribution in [0, 0.1) is 5.82 Å². The van der Waals surface area contributed by atoms with Crippen LogP contribution in [0.4, 0.5) is 4.39 Å². The standard InChI is InChI=1S/C11H7BrClFO2/c12-8-3-6(14)4-9(13)11(8)10-2-1-7(5-15)16-10/h1-4,15H,5H2. The van der Waals surface area contributed by atoms with Crippen molar-refractivity contribution in [2.75, 3.05) is 0 Å². The molecule has 84 valence electrons. The van der Waals surface area contributed by atoms with Crippen LogP contribution in [0.25, 0.3) is 11.3 Å². The molecule has 0 aliphatic rings. The van der Waals surface area contributed by atoms with Gasteiger partial charge in [0.25, 0.3) is 0 Å². The highest BCUT2D eigenvalue weighted by atomic mass is 79.9. The first-order valence-corrected chi connectivity index (χ1v) is 5.63. The molecule has 2 rings (SSSR count). The first-order valence-electron chi connectivity index (χ1n) is 4.46. The molecule has 16 heavy (non-hydrogen) atoms. The van der Waals surface area contributed by atoms with Crippen molar-refractivity contribution in [3.05, 3.63) is 45.3 Å². The second-order valence-electron chi connectivity index (χ2n) is 3.17. The van der Waals surface area contributed by atoms with Gasteiger partial charge in [0, 0.05) is 4.47 Å². The molecule has 0 fully saturated rings. The van der Waals surface area contributed by atoms with Gasteiger partial charge in [0.05, 0.1) is 10.6 Å². The Hall–Kier alpha value is -0.840. The number of furan rings is 1. The smallest absolute Gasteiger partial charge is 0.137 e. The number of hydrogen-bond donors (Lipinski definition) is 1. The fourth-order valence-electron chi connectivity index (χ4n) is 1.37. The summed E-state index contributed by atoms with van der Waals surface area (Å²) in [5.41, 5.74) is 0.572. The summed E-state index contributed by atoms with van der Waals surface area (Å²) in [5, 5.41) is 9.14. The predicted octanol–water partition coefficient (Wildman–Crippen LogP) is 3.99. The zero-order valence-corrected chi connectivity index (χ0v) is 10.3. The molecule has 0 aliphatic heterocycles. The van der Waals surface area contributed by atoms with Gasteiger partial charge in [-0.25, -0.2) is 4.39 Å². The van der Waals surface area contributed by atoms with E-state index in [2.05, 4.69) is 15.9 Å². The molecule has 0 saturated heterocycles. The Kier molecular flexibility index (Phi) is 3.33. The molecule has 0 bridgehead atoms. The van der Waals surface area contributed by atoms with Crippen LogP contribution in [0.15, 0.2) is 33.2 Å². The largest absolute Gasteiger partial charge is 0.459 e. The minimum absolute atomic E-state index is 0.184. The van der Waals surface area contributed by atoms with E-state index >= 15 is 0 Å². The quantitative estimate of drug-likeness (QED) is 0.910. The SMILES string of the molecule is OCc1ccc(-c2c(Cl)cc(F)cc2Br)o1. The first kappa shape index (κ1) is 11.6. The van der Waals surface area contributed by atoms with Gasteiger partial charge in [-0.2, -0.15) is 0 Å². The fourth-order valence-corrected chi connectivity index (χ4v) is 2.42. The highest BCUT2D eigenvalue weighted by Gasteiger charge is 2.13. The van der Waals surface area contributed by atoms with E-state index in [1.807, 2.05) is 0 Å². The molecule has 0 radical (unpaired) electrons. The average Bonchev–Trinajstić information content (AvgIpc) is 2.64. The Morgan fingerprint density at radius 2 is 2.12 bits per heavy atom. The number of halogens is 3. The van der Waals surface area contributed by atoms with Gasteiger partial charge in [-0.3, -0.25) is 0 Å². The highest BCUT2D eigenvalue weighted by Crippen LogP contribution is 2.36. The van der Waals surface area contributed by atoms with Crippen LogP contribution in [0.1, 0.15) is 5.76 Å². The van der Waals surface area contributed by atoms with Gasteiger partial charge in [-0.1, -0.05) is 11.6 Å². The molecule has 0 amide bonds. The van der Waals surface area contributed by atoms with Crippen LogP contribution < -0.4 is 0 Å². The fraction of sp³-hybridized carbons (Fsp3) is 0.0909. The molecule has 2 nitrogen and oxygen atoms in total. The summed E-state index contributed by atoms with van der Waals surface area (Å²) in [7, 11) is 0. The minimum Gasteiger partial charge on any atom is -0.459 e. The van der Waals surface area contributed by atoms with E-state index in [1.54, 1.807) is 12.1 Å². The number of hydrogen-bond acceptors (Lipinski definition) is 2. The Balaban J connectivity index is 2.55. The Morgan fingerprint density at radius 1 is 1.38 bits per heavy atom. The second kappa shape index (κ2) is 4.57. The highest BCUT2D eigenvalue weighted by molar-refractivity contribution is 9.10. The maximum Gasteiger partial charge on any atom is 0.137 e. The van der Waals surface area contributed by atoms with Crippen LogP contribution in [-0.2, 0) is 6.61 Å². The van der Waals surface area contributed by atoms with E-state index in [4.69, 9.17) is 21.1 Å². The van der Waals surface area contributed by atoms with Crippen molar-refractivity contribution in [2.45, 2.75) is 6.61 Å². The summed E-state index contributed by atoms with van der Waals surface area (Å²) in [4.78, 5) is 0. The van der Waals surface area contributed by atoms with E-state index < -0.39 is 5.82 Å². The van der Waals surface area contributed by atoms with Crippen molar-refractivity contribution < 1.29 is 13.9 Å². The van der Waals surface area contributed by atoms with Crippen molar-refractivity contribution in [1.29, 1.82) is 0 Å². The molecule has 1 N–H and O–H groups in total. The summed E-state index contributed by atoms with van der Waals surface area (Å²) in [5.74, 6) is 0.498. The van der Waals surface area contributed by atoms with Gasteiger partial charge in [-0.15, -0.1) is 0 Å². The molecular weight excluding hydrogens is 298 g/mol. The second-order valence-corrected chi connectivity index (χ2v) is 4.43. The number of aliphatic hydroxyl groups is 1. The lowest BCUT2D eigenvalue weighted by Crippen LogP contribution is -1.83. The summed E-state index contributed by atoms with van der Waals surface area (Å²) < 4.78 is 18.9. The number of aliphatic hydroxyl groups excluding tert-OH is 1. The minimum atomic E-state index is -0.422. The maximum atomic E-state index is 13.0. The van der Waals surface area contributed by atoms with Crippen molar-refractivity contribution in [1.82, 2.24) is 0 Å². The molecule has 1 heterocycles. The Labute approximate surface area is 105 Å². The maximum absolute atomic E-state index is 13.0. The monoisotopic (exact) mass is 304 g/mol.